The lowest BCUT2D eigenvalue weighted by Crippen LogP contribution is -2.44. The lowest BCUT2D eigenvalue weighted by Gasteiger charge is -2.22. The Morgan fingerprint density at radius 1 is 1.26 bits per heavy atom. The first-order valence-electron chi connectivity index (χ1n) is 9.29. The van der Waals surface area contributed by atoms with Crippen molar-refractivity contribution in [3.8, 4) is 5.75 Å². The van der Waals surface area contributed by atoms with Crippen molar-refractivity contribution in [2.75, 3.05) is 19.0 Å². The van der Waals surface area contributed by atoms with E-state index in [4.69, 9.17) is 4.74 Å². The first kappa shape index (κ1) is 19.2. The second-order valence-corrected chi connectivity index (χ2v) is 8.32. The third-order valence-electron chi connectivity index (χ3n) is 5.34. The summed E-state index contributed by atoms with van der Waals surface area (Å²) in [5, 5.41) is 5.57. The number of hydrogen-bond donors (Lipinski definition) is 2. The van der Waals surface area contributed by atoms with E-state index in [9.17, 15) is 14.4 Å². The van der Waals surface area contributed by atoms with Crippen LogP contribution < -0.4 is 15.4 Å². The number of ether oxygens (including phenoxy) is 1. The van der Waals surface area contributed by atoms with Crippen LogP contribution >= 0.6 is 0 Å². The minimum Gasteiger partial charge on any atom is -0.495 e. The van der Waals surface area contributed by atoms with Gasteiger partial charge in [0.05, 0.1) is 12.8 Å². The van der Waals surface area contributed by atoms with E-state index in [0.717, 1.165) is 23.3 Å². The minimum atomic E-state index is -0.804. The van der Waals surface area contributed by atoms with Crippen molar-refractivity contribution in [3.63, 3.8) is 0 Å². The first-order valence-corrected chi connectivity index (χ1v) is 9.29. The Morgan fingerprint density at radius 2 is 1.93 bits per heavy atom. The maximum absolute atomic E-state index is 12.7. The van der Waals surface area contributed by atoms with E-state index in [-0.39, 0.29) is 17.9 Å². The number of nitrogens with one attached hydrogen (secondary N) is 2. The van der Waals surface area contributed by atoms with Crippen molar-refractivity contribution in [3.05, 3.63) is 23.8 Å². The maximum Gasteiger partial charge on any atom is 0.325 e. The zero-order chi connectivity index (χ0) is 19.8. The summed E-state index contributed by atoms with van der Waals surface area (Å²) in [6.45, 7) is 5.92. The smallest absolute Gasteiger partial charge is 0.325 e. The van der Waals surface area contributed by atoms with Crippen LogP contribution in [0.25, 0.3) is 0 Å². The summed E-state index contributed by atoms with van der Waals surface area (Å²) in [5.41, 5.74) is 0.670. The van der Waals surface area contributed by atoms with Gasteiger partial charge >= 0.3 is 6.03 Å². The molecule has 2 aliphatic rings. The number of urea groups is 1. The van der Waals surface area contributed by atoms with Gasteiger partial charge in [0.25, 0.3) is 5.91 Å². The van der Waals surface area contributed by atoms with Crippen LogP contribution in [0.2, 0.25) is 0 Å². The van der Waals surface area contributed by atoms with Crippen LogP contribution in [0.1, 0.15) is 52.0 Å². The third kappa shape index (κ3) is 3.63. The number of nitrogens with zero attached hydrogens (tertiary/aromatic N) is 1. The molecular weight excluding hydrogens is 346 g/mol. The molecule has 146 valence electrons. The second kappa shape index (κ2) is 6.87. The van der Waals surface area contributed by atoms with Crippen LogP contribution in [0, 0.1) is 0 Å². The fourth-order valence-electron chi connectivity index (χ4n) is 3.74. The summed E-state index contributed by atoms with van der Waals surface area (Å²) < 4.78 is 5.33. The molecule has 1 aromatic rings. The zero-order valence-electron chi connectivity index (χ0n) is 16.3. The van der Waals surface area contributed by atoms with E-state index >= 15 is 0 Å². The minimum absolute atomic E-state index is 0.0919. The van der Waals surface area contributed by atoms with Crippen LogP contribution in [0.5, 0.6) is 5.75 Å². The van der Waals surface area contributed by atoms with Crippen LogP contribution in [-0.4, -0.2) is 41.9 Å². The normalized spacial score (nSPS) is 18.7. The van der Waals surface area contributed by atoms with Gasteiger partial charge in [-0.25, -0.2) is 4.79 Å². The number of anilines is 1. The summed E-state index contributed by atoms with van der Waals surface area (Å²) in [4.78, 5) is 38.5. The van der Waals surface area contributed by atoms with Crippen LogP contribution in [-0.2, 0) is 15.0 Å². The molecule has 2 fully saturated rings. The fourth-order valence-corrected chi connectivity index (χ4v) is 3.74. The molecule has 0 radical (unpaired) electrons. The predicted molar refractivity (Wildman–Crippen MR) is 102 cm³/mol. The predicted octanol–water partition coefficient (Wildman–Crippen LogP) is 2.80. The molecule has 1 aliphatic carbocycles. The van der Waals surface area contributed by atoms with E-state index < -0.39 is 17.5 Å². The number of benzene rings is 1. The SMILES string of the molecule is COc1ccc(C(C)(C)C)cc1NC(=O)CN1C(=O)NC2(CCCC2)C1=O. The van der Waals surface area contributed by atoms with Gasteiger partial charge in [0, 0.05) is 0 Å². The number of amides is 4. The van der Waals surface area contributed by atoms with E-state index in [1.54, 1.807) is 6.07 Å². The number of imide groups is 1. The average molecular weight is 373 g/mol. The number of rotatable bonds is 4. The molecule has 7 nitrogen and oxygen atoms in total. The van der Waals surface area contributed by atoms with Crippen molar-refractivity contribution in [1.29, 1.82) is 0 Å². The Hall–Kier alpha value is -2.57. The van der Waals surface area contributed by atoms with Gasteiger partial charge < -0.3 is 15.4 Å². The van der Waals surface area contributed by atoms with Gasteiger partial charge in [-0.3, -0.25) is 14.5 Å². The molecule has 1 spiro atoms. The van der Waals surface area contributed by atoms with E-state index in [1.165, 1.54) is 7.11 Å². The van der Waals surface area contributed by atoms with E-state index in [1.807, 2.05) is 12.1 Å². The van der Waals surface area contributed by atoms with Crippen molar-refractivity contribution < 1.29 is 19.1 Å². The Morgan fingerprint density at radius 3 is 2.52 bits per heavy atom. The second-order valence-electron chi connectivity index (χ2n) is 8.32. The average Bonchev–Trinajstić information content (AvgIpc) is 3.15. The molecule has 1 heterocycles. The molecule has 1 aromatic carbocycles. The van der Waals surface area contributed by atoms with Crippen molar-refractivity contribution in [2.24, 2.45) is 0 Å². The highest BCUT2D eigenvalue weighted by molar-refractivity contribution is 6.10. The number of carbonyl (C=O) groups is 3. The fraction of sp³-hybridized carbons (Fsp3) is 0.550. The van der Waals surface area contributed by atoms with Crippen molar-refractivity contribution in [2.45, 2.75) is 57.4 Å². The molecule has 27 heavy (non-hydrogen) atoms. The maximum atomic E-state index is 12.7. The number of hydrogen-bond acceptors (Lipinski definition) is 4. The van der Waals surface area contributed by atoms with Crippen LogP contribution in [0.3, 0.4) is 0 Å². The quantitative estimate of drug-likeness (QED) is 0.795. The Kier molecular flexibility index (Phi) is 4.88. The highest BCUT2D eigenvalue weighted by atomic mass is 16.5. The number of methoxy groups -OCH3 is 1. The summed E-state index contributed by atoms with van der Waals surface area (Å²) in [6.07, 6.45) is 3.08. The monoisotopic (exact) mass is 373 g/mol. The Bertz CT molecular complexity index is 776. The third-order valence-corrected chi connectivity index (χ3v) is 5.34. The topological polar surface area (TPSA) is 87.7 Å². The van der Waals surface area contributed by atoms with Gasteiger partial charge in [0.2, 0.25) is 5.91 Å². The van der Waals surface area contributed by atoms with Crippen LogP contribution in [0.4, 0.5) is 10.5 Å². The molecule has 0 atom stereocenters. The molecule has 0 aromatic heterocycles. The molecule has 1 saturated heterocycles. The van der Waals surface area contributed by atoms with Gasteiger partial charge in [-0.15, -0.1) is 0 Å². The largest absolute Gasteiger partial charge is 0.495 e. The van der Waals surface area contributed by atoms with E-state index in [0.29, 0.717) is 24.3 Å². The Balaban J connectivity index is 1.74. The standard InChI is InChI=1S/C20H27N3O4/c1-19(2,3)13-7-8-15(27-4)14(11-13)21-16(24)12-23-17(25)20(22-18(23)26)9-5-6-10-20/h7-8,11H,5-6,9-10,12H2,1-4H3,(H,21,24)(H,22,26). The molecule has 0 unspecified atom stereocenters. The van der Waals surface area contributed by atoms with Crippen molar-refractivity contribution in [1.82, 2.24) is 10.2 Å². The molecule has 2 N–H and O–H groups in total. The molecule has 0 bridgehead atoms. The highest BCUT2D eigenvalue weighted by Gasteiger charge is 2.52. The molecule has 1 saturated carbocycles. The van der Waals surface area contributed by atoms with Gasteiger partial charge in [-0.1, -0.05) is 39.7 Å². The lowest BCUT2D eigenvalue weighted by atomic mass is 9.87. The number of carbonyl (C=O) groups excluding carboxylic acids is 3. The Labute approximate surface area is 159 Å². The summed E-state index contributed by atoms with van der Waals surface area (Å²) in [7, 11) is 1.53. The first-order chi connectivity index (χ1) is 12.7. The zero-order valence-corrected chi connectivity index (χ0v) is 16.3. The van der Waals surface area contributed by atoms with Crippen molar-refractivity contribution >= 4 is 23.5 Å². The summed E-state index contributed by atoms with van der Waals surface area (Å²) in [5.74, 6) is -0.200. The van der Waals surface area contributed by atoms with Gasteiger partial charge in [-0.05, 0) is 36.0 Å². The highest BCUT2D eigenvalue weighted by Crippen LogP contribution is 2.35. The lowest BCUT2D eigenvalue weighted by molar-refractivity contribution is -0.133. The van der Waals surface area contributed by atoms with Crippen LogP contribution in [0.15, 0.2) is 18.2 Å². The molecule has 3 rings (SSSR count). The van der Waals surface area contributed by atoms with E-state index in [2.05, 4.69) is 31.4 Å². The van der Waals surface area contributed by atoms with Gasteiger partial charge in [0.15, 0.2) is 0 Å². The summed E-state index contributed by atoms with van der Waals surface area (Å²) >= 11 is 0. The van der Waals surface area contributed by atoms with Gasteiger partial charge in [0.1, 0.15) is 17.8 Å². The molecular formula is C20H27N3O4. The molecule has 4 amide bonds. The molecule has 7 heteroatoms. The molecule has 1 aliphatic heterocycles. The summed E-state index contributed by atoms with van der Waals surface area (Å²) in [6, 6.07) is 5.13. The van der Waals surface area contributed by atoms with Gasteiger partial charge in [-0.2, -0.15) is 0 Å².